The van der Waals surface area contributed by atoms with Gasteiger partial charge in [0.1, 0.15) is 0 Å². The molecule has 3 N–H and O–H groups in total. The number of methoxy groups -OCH3 is 1. The first-order chi connectivity index (χ1) is 12.6. The van der Waals surface area contributed by atoms with Crippen molar-refractivity contribution in [1.29, 1.82) is 0 Å². The lowest BCUT2D eigenvalue weighted by Gasteiger charge is -2.16. The third-order valence-corrected chi connectivity index (χ3v) is 4.58. The summed E-state index contributed by atoms with van der Waals surface area (Å²) in [6, 6.07) is 14.0. The summed E-state index contributed by atoms with van der Waals surface area (Å²) < 4.78 is 11.6. The number of guanidine groups is 1. The molecule has 0 amide bonds. The fourth-order valence-electron chi connectivity index (χ4n) is 3.10. The molecule has 1 aliphatic rings. The van der Waals surface area contributed by atoms with Gasteiger partial charge >= 0.3 is 0 Å². The van der Waals surface area contributed by atoms with Crippen molar-refractivity contribution < 1.29 is 9.47 Å². The van der Waals surface area contributed by atoms with E-state index in [0.717, 1.165) is 35.6 Å². The maximum absolute atomic E-state index is 6.13. The summed E-state index contributed by atoms with van der Waals surface area (Å²) in [7, 11) is 1.66. The van der Waals surface area contributed by atoms with Gasteiger partial charge < -0.3 is 20.5 Å². The van der Waals surface area contributed by atoms with Gasteiger partial charge in [-0.25, -0.2) is 4.99 Å². The Morgan fingerprint density at radius 3 is 2.48 bits per heavy atom. The SMILES string of the molecule is COc1ccc(CN=C(N)Nc2ccc(C)cc2)cc1OC1CCCC1.I. The number of ether oxygens (including phenoxy) is 2. The molecule has 0 aromatic heterocycles. The highest BCUT2D eigenvalue weighted by molar-refractivity contribution is 14.0. The Labute approximate surface area is 178 Å². The molecule has 2 aromatic rings. The Balaban J connectivity index is 0.00000261. The molecular formula is C21H28IN3O2. The molecule has 1 fully saturated rings. The van der Waals surface area contributed by atoms with Gasteiger partial charge in [-0.2, -0.15) is 0 Å². The van der Waals surface area contributed by atoms with E-state index >= 15 is 0 Å². The fourth-order valence-corrected chi connectivity index (χ4v) is 3.10. The third-order valence-electron chi connectivity index (χ3n) is 4.58. The number of nitrogens with two attached hydrogens (primary N) is 1. The maximum Gasteiger partial charge on any atom is 0.193 e. The smallest absolute Gasteiger partial charge is 0.193 e. The molecule has 0 heterocycles. The highest BCUT2D eigenvalue weighted by Gasteiger charge is 2.18. The van der Waals surface area contributed by atoms with Crippen LogP contribution >= 0.6 is 24.0 Å². The zero-order valence-corrected chi connectivity index (χ0v) is 18.2. The second kappa shape index (κ2) is 10.4. The minimum absolute atomic E-state index is 0. The summed E-state index contributed by atoms with van der Waals surface area (Å²) >= 11 is 0. The number of hydrogen-bond acceptors (Lipinski definition) is 3. The zero-order chi connectivity index (χ0) is 18.4. The van der Waals surface area contributed by atoms with Crippen LogP contribution in [0.1, 0.15) is 36.8 Å². The number of aliphatic imine (C=N–C) groups is 1. The molecular weight excluding hydrogens is 453 g/mol. The molecule has 0 spiro atoms. The van der Waals surface area contributed by atoms with Crippen LogP contribution in [0, 0.1) is 6.92 Å². The first kappa shape index (κ1) is 21.3. The van der Waals surface area contributed by atoms with Crippen molar-refractivity contribution in [2.24, 2.45) is 10.7 Å². The monoisotopic (exact) mass is 481 g/mol. The van der Waals surface area contributed by atoms with Crippen LogP contribution in [0.3, 0.4) is 0 Å². The van der Waals surface area contributed by atoms with E-state index in [1.54, 1.807) is 7.11 Å². The molecule has 1 saturated carbocycles. The number of aryl methyl sites for hydroxylation is 1. The average Bonchev–Trinajstić information content (AvgIpc) is 3.15. The third kappa shape index (κ3) is 6.30. The molecule has 0 bridgehead atoms. The van der Waals surface area contributed by atoms with Crippen LogP contribution in [0.2, 0.25) is 0 Å². The molecule has 0 unspecified atom stereocenters. The molecule has 3 rings (SSSR count). The molecule has 2 aromatic carbocycles. The molecule has 27 heavy (non-hydrogen) atoms. The molecule has 5 nitrogen and oxygen atoms in total. The van der Waals surface area contributed by atoms with Gasteiger partial charge in [0.15, 0.2) is 17.5 Å². The molecule has 1 aliphatic carbocycles. The number of halogens is 1. The van der Waals surface area contributed by atoms with Crippen molar-refractivity contribution >= 4 is 35.6 Å². The minimum Gasteiger partial charge on any atom is -0.493 e. The van der Waals surface area contributed by atoms with E-state index in [0.29, 0.717) is 12.5 Å². The number of anilines is 1. The Morgan fingerprint density at radius 2 is 1.81 bits per heavy atom. The summed E-state index contributed by atoms with van der Waals surface area (Å²) in [6.07, 6.45) is 4.98. The van der Waals surface area contributed by atoms with Crippen LogP contribution in [-0.4, -0.2) is 19.2 Å². The lowest BCUT2D eigenvalue weighted by atomic mass is 10.2. The van der Waals surface area contributed by atoms with Gasteiger partial charge in [0.2, 0.25) is 0 Å². The number of hydrogen-bond donors (Lipinski definition) is 2. The van der Waals surface area contributed by atoms with Gasteiger partial charge in [-0.15, -0.1) is 24.0 Å². The van der Waals surface area contributed by atoms with Gasteiger partial charge in [0, 0.05) is 5.69 Å². The Morgan fingerprint density at radius 1 is 1.11 bits per heavy atom. The van der Waals surface area contributed by atoms with Gasteiger partial charge in [-0.3, -0.25) is 0 Å². The quantitative estimate of drug-likeness (QED) is 0.351. The predicted octanol–water partition coefficient (Wildman–Crippen LogP) is 4.87. The largest absolute Gasteiger partial charge is 0.493 e. The van der Waals surface area contributed by atoms with E-state index in [2.05, 4.69) is 17.2 Å². The van der Waals surface area contributed by atoms with Crippen molar-refractivity contribution in [2.75, 3.05) is 12.4 Å². The molecule has 0 aliphatic heterocycles. The van der Waals surface area contributed by atoms with E-state index in [1.807, 2.05) is 42.5 Å². The fraction of sp³-hybridized carbons (Fsp3) is 0.381. The summed E-state index contributed by atoms with van der Waals surface area (Å²) in [6.45, 7) is 2.53. The van der Waals surface area contributed by atoms with Crippen LogP contribution in [0.15, 0.2) is 47.5 Å². The lowest BCUT2D eigenvalue weighted by Crippen LogP contribution is -2.22. The normalized spacial score (nSPS) is 14.5. The number of benzene rings is 2. The molecule has 146 valence electrons. The standard InChI is InChI=1S/C21H27N3O2.HI/c1-15-7-10-17(11-8-15)24-21(22)23-14-16-9-12-19(25-2)20(13-16)26-18-5-3-4-6-18;/h7-13,18H,3-6,14H2,1-2H3,(H3,22,23,24);1H. The van der Waals surface area contributed by atoms with Crippen molar-refractivity contribution in [3.8, 4) is 11.5 Å². The number of rotatable bonds is 6. The van der Waals surface area contributed by atoms with Crippen molar-refractivity contribution in [1.82, 2.24) is 0 Å². The summed E-state index contributed by atoms with van der Waals surface area (Å²) in [4.78, 5) is 4.43. The first-order valence-corrected chi connectivity index (χ1v) is 9.11. The van der Waals surface area contributed by atoms with Crippen LogP contribution in [0.5, 0.6) is 11.5 Å². The van der Waals surface area contributed by atoms with Crippen LogP contribution in [0.25, 0.3) is 0 Å². The van der Waals surface area contributed by atoms with Crippen molar-refractivity contribution in [3.63, 3.8) is 0 Å². The summed E-state index contributed by atoms with van der Waals surface area (Å²) in [5.74, 6) is 1.94. The van der Waals surface area contributed by atoms with Crippen LogP contribution < -0.4 is 20.5 Å². The molecule has 0 atom stereocenters. The van der Waals surface area contributed by atoms with E-state index in [1.165, 1.54) is 18.4 Å². The summed E-state index contributed by atoms with van der Waals surface area (Å²) in [5, 5.41) is 3.11. The molecule has 6 heteroatoms. The number of nitrogens with zero attached hydrogens (tertiary/aromatic N) is 1. The highest BCUT2D eigenvalue weighted by atomic mass is 127. The van der Waals surface area contributed by atoms with Gasteiger partial charge in [-0.05, 0) is 62.4 Å². The van der Waals surface area contributed by atoms with E-state index in [-0.39, 0.29) is 30.1 Å². The van der Waals surface area contributed by atoms with Crippen LogP contribution in [-0.2, 0) is 6.54 Å². The molecule has 0 radical (unpaired) electrons. The van der Waals surface area contributed by atoms with Crippen LogP contribution in [0.4, 0.5) is 5.69 Å². The van der Waals surface area contributed by atoms with E-state index < -0.39 is 0 Å². The van der Waals surface area contributed by atoms with Crippen molar-refractivity contribution in [2.45, 2.75) is 45.3 Å². The topological polar surface area (TPSA) is 68.9 Å². The zero-order valence-electron chi connectivity index (χ0n) is 15.9. The van der Waals surface area contributed by atoms with E-state index in [4.69, 9.17) is 15.2 Å². The predicted molar refractivity (Wildman–Crippen MR) is 121 cm³/mol. The highest BCUT2D eigenvalue weighted by Crippen LogP contribution is 2.32. The Bertz CT molecular complexity index is 757. The van der Waals surface area contributed by atoms with E-state index in [9.17, 15) is 0 Å². The van der Waals surface area contributed by atoms with Gasteiger partial charge in [-0.1, -0.05) is 23.8 Å². The lowest BCUT2D eigenvalue weighted by molar-refractivity contribution is 0.200. The Hall–Kier alpha value is -1.96. The average molecular weight is 481 g/mol. The maximum atomic E-state index is 6.13. The van der Waals surface area contributed by atoms with Gasteiger partial charge in [0.25, 0.3) is 0 Å². The second-order valence-corrected chi connectivity index (χ2v) is 6.70. The minimum atomic E-state index is 0. The van der Waals surface area contributed by atoms with Gasteiger partial charge in [0.05, 0.1) is 19.8 Å². The first-order valence-electron chi connectivity index (χ1n) is 9.11. The number of nitrogens with one attached hydrogen (secondary N) is 1. The second-order valence-electron chi connectivity index (χ2n) is 6.70. The summed E-state index contributed by atoms with van der Waals surface area (Å²) in [5.41, 5.74) is 9.17. The van der Waals surface area contributed by atoms with Crippen molar-refractivity contribution in [3.05, 3.63) is 53.6 Å². The molecule has 0 saturated heterocycles. The Kier molecular flexibility index (Phi) is 8.22.